The number of hydrogen-bond acceptors (Lipinski definition) is 5. The molecule has 1 aromatic carbocycles. The number of methoxy groups -OCH3 is 1. The maximum atomic E-state index is 13.2. The maximum Gasteiger partial charge on any atom is 0.253 e. The van der Waals surface area contributed by atoms with Gasteiger partial charge in [-0.05, 0) is 49.3 Å². The summed E-state index contributed by atoms with van der Waals surface area (Å²) in [6.45, 7) is 1.98. The van der Waals surface area contributed by atoms with E-state index in [9.17, 15) is 9.90 Å². The number of anilines is 1. The summed E-state index contributed by atoms with van der Waals surface area (Å²) in [5.41, 5.74) is 2.64. The van der Waals surface area contributed by atoms with Gasteiger partial charge < -0.3 is 20.1 Å². The number of para-hydroxylation sites is 1. The summed E-state index contributed by atoms with van der Waals surface area (Å²) >= 11 is 0. The van der Waals surface area contributed by atoms with Crippen LogP contribution >= 0.6 is 0 Å². The number of rotatable bonds is 6. The molecule has 0 spiro atoms. The summed E-state index contributed by atoms with van der Waals surface area (Å²) in [6, 6.07) is 11.4. The molecule has 2 fully saturated rings. The molecule has 28 heavy (non-hydrogen) atoms. The van der Waals surface area contributed by atoms with E-state index < -0.39 is 0 Å². The lowest BCUT2D eigenvalue weighted by molar-refractivity contribution is 0.0234. The highest BCUT2D eigenvalue weighted by atomic mass is 16.5. The highest BCUT2D eigenvalue weighted by Crippen LogP contribution is 2.38. The Labute approximate surface area is 165 Å². The van der Waals surface area contributed by atoms with Crippen molar-refractivity contribution in [1.82, 2.24) is 10.3 Å². The molecular weight excluding hydrogens is 354 g/mol. The van der Waals surface area contributed by atoms with Crippen molar-refractivity contribution in [2.75, 3.05) is 25.1 Å². The molecule has 2 aliphatic rings. The quantitative estimate of drug-likeness (QED) is 0.805. The minimum Gasteiger partial charge on any atom is -0.481 e. The molecule has 2 aromatic rings. The van der Waals surface area contributed by atoms with Crippen molar-refractivity contribution in [2.45, 2.75) is 37.8 Å². The Morgan fingerprint density at radius 3 is 2.61 bits per heavy atom. The van der Waals surface area contributed by atoms with Gasteiger partial charge in [0.05, 0.1) is 24.8 Å². The van der Waals surface area contributed by atoms with Gasteiger partial charge in [-0.15, -0.1) is 0 Å². The Bertz CT molecular complexity index is 812. The molecular formula is C22H27N3O3. The molecule has 1 saturated carbocycles. The standard InChI is InChI=1S/C22H27N3O3/c1-28-20-9-8-15(14-23-20)21(16-12-17(26)13-16)24-22(27)18-6-2-3-7-19(18)25-10-4-5-11-25/h2-3,6-9,14,16-17,21,26H,4-5,10-13H2,1H3,(H,24,27)/t16?,17?,21-/m1/s1. The van der Waals surface area contributed by atoms with Crippen molar-refractivity contribution in [1.29, 1.82) is 0 Å². The normalized spacial score (nSPS) is 22.4. The number of carbonyl (C=O) groups is 1. The average molecular weight is 381 g/mol. The van der Waals surface area contributed by atoms with E-state index in [1.54, 1.807) is 13.3 Å². The third-order valence-corrected chi connectivity index (χ3v) is 5.83. The van der Waals surface area contributed by atoms with Gasteiger partial charge in [-0.25, -0.2) is 4.98 Å². The molecule has 6 nitrogen and oxygen atoms in total. The van der Waals surface area contributed by atoms with Crippen LogP contribution in [0.2, 0.25) is 0 Å². The van der Waals surface area contributed by atoms with Gasteiger partial charge >= 0.3 is 0 Å². The average Bonchev–Trinajstić information content (AvgIpc) is 3.25. The highest BCUT2D eigenvalue weighted by molar-refractivity contribution is 6.00. The van der Waals surface area contributed by atoms with E-state index in [1.807, 2.05) is 36.4 Å². The van der Waals surface area contributed by atoms with Crippen LogP contribution in [-0.2, 0) is 0 Å². The molecule has 2 heterocycles. The minimum atomic E-state index is -0.285. The van der Waals surface area contributed by atoms with E-state index in [1.165, 1.54) is 0 Å². The summed E-state index contributed by atoms with van der Waals surface area (Å²) in [6.07, 6.45) is 5.16. The second-order valence-electron chi connectivity index (χ2n) is 7.68. The molecule has 0 bridgehead atoms. The SMILES string of the molecule is COc1ccc([C@@H](NC(=O)c2ccccc2N2CCCC2)C2CC(O)C2)cn1. The lowest BCUT2D eigenvalue weighted by Gasteiger charge is -2.38. The minimum absolute atomic E-state index is 0.0790. The Balaban J connectivity index is 1.57. The van der Waals surface area contributed by atoms with E-state index in [2.05, 4.69) is 15.2 Å². The number of nitrogens with zero attached hydrogens (tertiary/aromatic N) is 2. The van der Waals surface area contributed by atoms with Crippen LogP contribution < -0.4 is 15.0 Å². The molecule has 0 radical (unpaired) electrons. The Hall–Kier alpha value is -2.60. The van der Waals surface area contributed by atoms with Crippen LogP contribution in [-0.4, -0.2) is 42.3 Å². The Morgan fingerprint density at radius 1 is 1.21 bits per heavy atom. The van der Waals surface area contributed by atoms with Crippen LogP contribution in [0.1, 0.15) is 47.6 Å². The largest absolute Gasteiger partial charge is 0.481 e. The zero-order valence-electron chi connectivity index (χ0n) is 16.2. The number of amides is 1. The first-order valence-electron chi connectivity index (χ1n) is 9.98. The lowest BCUT2D eigenvalue weighted by atomic mass is 9.75. The fourth-order valence-corrected chi connectivity index (χ4v) is 4.19. The van der Waals surface area contributed by atoms with E-state index >= 15 is 0 Å². The van der Waals surface area contributed by atoms with Gasteiger partial charge in [0.2, 0.25) is 5.88 Å². The molecule has 2 N–H and O–H groups in total. The number of aliphatic hydroxyl groups is 1. The second-order valence-corrected chi connectivity index (χ2v) is 7.68. The first-order chi connectivity index (χ1) is 13.7. The van der Waals surface area contributed by atoms with Gasteiger partial charge in [0.15, 0.2) is 0 Å². The van der Waals surface area contributed by atoms with Crippen LogP contribution in [0.15, 0.2) is 42.6 Å². The predicted octanol–water partition coefficient (Wildman–Crippen LogP) is 2.93. The van der Waals surface area contributed by atoms with Gasteiger partial charge in [0.1, 0.15) is 0 Å². The molecule has 1 amide bonds. The van der Waals surface area contributed by atoms with E-state index in [-0.39, 0.29) is 24.0 Å². The fourth-order valence-electron chi connectivity index (χ4n) is 4.19. The fraction of sp³-hybridized carbons (Fsp3) is 0.455. The molecule has 4 rings (SSSR count). The van der Waals surface area contributed by atoms with E-state index in [4.69, 9.17) is 4.74 Å². The van der Waals surface area contributed by atoms with Gasteiger partial charge in [0, 0.05) is 31.0 Å². The summed E-state index contributed by atoms with van der Waals surface area (Å²) in [4.78, 5) is 19.8. The van der Waals surface area contributed by atoms with Gasteiger partial charge in [0.25, 0.3) is 5.91 Å². The third-order valence-electron chi connectivity index (χ3n) is 5.83. The number of aliphatic hydroxyl groups excluding tert-OH is 1. The zero-order chi connectivity index (χ0) is 19.5. The first kappa shape index (κ1) is 18.7. The number of ether oxygens (including phenoxy) is 1. The number of nitrogens with one attached hydrogen (secondary N) is 1. The second kappa shape index (κ2) is 8.19. The van der Waals surface area contributed by atoms with Crippen LogP contribution in [0.25, 0.3) is 0 Å². The molecule has 0 unspecified atom stereocenters. The molecule has 148 valence electrons. The van der Waals surface area contributed by atoms with Gasteiger partial charge in [-0.1, -0.05) is 18.2 Å². The number of benzene rings is 1. The first-order valence-corrected chi connectivity index (χ1v) is 9.98. The monoisotopic (exact) mass is 381 g/mol. The van der Waals surface area contributed by atoms with Crippen molar-refractivity contribution in [3.8, 4) is 5.88 Å². The summed E-state index contributed by atoms with van der Waals surface area (Å²) in [5, 5.41) is 13.0. The molecule has 6 heteroatoms. The van der Waals surface area contributed by atoms with E-state index in [0.29, 0.717) is 24.3 Å². The van der Waals surface area contributed by atoms with Crippen LogP contribution in [0.5, 0.6) is 5.88 Å². The van der Waals surface area contributed by atoms with E-state index in [0.717, 1.165) is 37.2 Å². The molecule has 1 saturated heterocycles. The number of aromatic nitrogens is 1. The highest BCUT2D eigenvalue weighted by Gasteiger charge is 2.36. The molecule has 1 aromatic heterocycles. The molecule has 1 aliphatic carbocycles. The van der Waals surface area contributed by atoms with Crippen molar-refractivity contribution in [3.05, 3.63) is 53.7 Å². The van der Waals surface area contributed by atoms with Gasteiger partial charge in [-0.3, -0.25) is 4.79 Å². The molecule has 1 aliphatic heterocycles. The van der Waals surface area contributed by atoms with Crippen LogP contribution in [0.3, 0.4) is 0 Å². The van der Waals surface area contributed by atoms with Crippen molar-refractivity contribution in [3.63, 3.8) is 0 Å². The zero-order valence-corrected chi connectivity index (χ0v) is 16.2. The van der Waals surface area contributed by atoms with Crippen molar-refractivity contribution >= 4 is 11.6 Å². The van der Waals surface area contributed by atoms with Crippen molar-refractivity contribution < 1.29 is 14.6 Å². The van der Waals surface area contributed by atoms with Crippen LogP contribution in [0.4, 0.5) is 5.69 Å². The number of carbonyl (C=O) groups excluding carboxylic acids is 1. The third kappa shape index (κ3) is 3.83. The number of hydrogen-bond donors (Lipinski definition) is 2. The predicted molar refractivity (Wildman–Crippen MR) is 108 cm³/mol. The summed E-state index contributed by atoms with van der Waals surface area (Å²) in [5.74, 6) is 0.666. The molecule has 1 atom stereocenters. The maximum absolute atomic E-state index is 13.2. The Kier molecular flexibility index (Phi) is 5.48. The Morgan fingerprint density at radius 2 is 1.96 bits per heavy atom. The summed E-state index contributed by atoms with van der Waals surface area (Å²) in [7, 11) is 1.58. The van der Waals surface area contributed by atoms with Crippen molar-refractivity contribution in [2.24, 2.45) is 5.92 Å². The summed E-state index contributed by atoms with van der Waals surface area (Å²) < 4.78 is 5.15. The number of pyridine rings is 1. The van der Waals surface area contributed by atoms with Crippen LogP contribution in [0, 0.1) is 5.92 Å². The topological polar surface area (TPSA) is 74.7 Å². The smallest absolute Gasteiger partial charge is 0.253 e. The lowest BCUT2D eigenvalue weighted by Crippen LogP contribution is -2.41. The van der Waals surface area contributed by atoms with Gasteiger partial charge in [-0.2, -0.15) is 0 Å².